The zero-order valence-electron chi connectivity index (χ0n) is 13.2. The first-order chi connectivity index (χ1) is 9.45. The molecule has 4 heteroatoms. The number of aryl methyl sites for hydroxylation is 2. The highest BCUT2D eigenvalue weighted by molar-refractivity contribution is 5.75. The van der Waals surface area contributed by atoms with Gasteiger partial charge in [-0.3, -0.25) is 4.79 Å². The molecule has 0 heterocycles. The van der Waals surface area contributed by atoms with E-state index in [1.54, 1.807) is 19.0 Å². The number of carbonyl (C=O) groups excluding carboxylic acids is 1. The summed E-state index contributed by atoms with van der Waals surface area (Å²) < 4.78 is 5.78. The highest BCUT2D eigenvalue weighted by Gasteiger charge is 2.08. The molecule has 0 aliphatic heterocycles. The van der Waals surface area contributed by atoms with Crippen LogP contribution in [0.3, 0.4) is 0 Å². The average molecular weight is 278 g/mol. The predicted octanol–water partition coefficient (Wildman–Crippen LogP) is 2.27. The summed E-state index contributed by atoms with van der Waals surface area (Å²) in [6.07, 6.45) is 0.408. The minimum absolute atomic E-state index is 0.0871. The molecule has 1 amide bonds. The summed E-state index contributed by atoms with van der Waals surface area (Å²) in [4.78, 5) is 13.1. The topological polar surface area (TPSA) is 41.6 Å². The molecule has 0 bridgehead atoms. The van der Waals surface area contributed by atoms with Gasteiger partial charge in [0.2, 0.25) is 5.91 Å². The van der Waals surface area contributed by atoms with Crippen molar-refractivity contribution >= 4 is 5.91 Å². The van der Waals surface area contributed by atoms with Crippen molar-refractivity contribution in [3.8, 4) is 5.75 Å². The van der Waals surface area contributed by atoms with Gasteiger partial charge in [0.1, 0.15) is 5.75 Å². The van der Waals surface area contributed by atoms with Crippen LogP contribution in [0.5, 0.6) is 5.75 Å². The zero-order chi connectivity index (χ0) is 15.1. The highest BCUT2D eigenvalue weighted by atomic mass is 16.5. The Labute approximate surface area is 122 Å². The summed E-state index contributed by atoms with van der Waals surface area (Å²) >= 11 is 0. The third kappa shape index (κ3) is 4.85. The van der Waals surface area contributed by atoms with Crippen LogP contribution in [0.25, 0.3) is 0 Å². The van der Waals surface area contributed by atoms with E-state index in [2.05, 4.69) is 24.4 Å². The van der Waals surface area contributed by atoms with Gasteiger partial charge in [0.15, 0.2) is 0 Å². The minimum Gasteiger partial charge on any atom is -0.493 e. The van der Waals surface area contributed by atoms with Gasteiger partial charge in [-0.25, -0.2) is 0 Å². The van der Waals surface area contributed by atoms with Crippen molar-refractivity contribution in [1.29, 1.82) is 0 Å². The molecule has 0 saturated heterocycles. The van der Waals surface area contributed by atoms with E-state index in [4.69, 9.17) is 4.74 Å². The molecule has 4 nitrogen and oxygen atoms in total. The lowest BCUT2D eigenvalue weighted by Crippen LogP contribution is -2.23. The molecular weight excluding hydrogens is 252 g/mol. The summed E-state index contributed by atoms with van der Waals surface area (Å²) in [7, 11) is 3.52. The minimum atomic E-state index is 0.0871. The number of ether oxygens (including phenoxy) is 1. The van der Waals surface area contributed by atoms with Crippen molar-refractivity contribution in [2.45, 2.75) is 33.7 Å². The quantitative estimate of drug-likeness (QED) is 0.832. The van der Waals surface area contributed by atoms with Gasteiger partial charge in [-0.05, 0) is 37.1 Å². The van der Waals surface area contributed by atoms with Crippen molar-refractivity contribution < 1.29 is 9.53 Å². The van der Waals surface area contributed by atoms with Crippen LogP contribution in [0, 0.1) is 13.8 Å². The number of nitrogens with one attached hydrogen (secondary N) is 1. The first-order valence-corrected chi connectivity index (χ1v) is 7.09. The van der Waals surface area contributed by atoms with Crippen molar-refractivity contribution in [2.24, 2.45) is 0 Å². The van der Waals surface area contributed by atoms with E-state index in [9.17, 15) is 4.79 Å². The second-order valence-electron chi connectivity index (χ2n) is 5.23. The van der Waals surface area contributed by atoms with Crippen LogP contribution in [-0.4, -0.2) is 38.1 Å². The third-order valence-electron chi connectivity index (χ3n) is 3.16. The van der Waals surface area contributed by atoms with Gasteiger partial charge in [-0.2, -0.15) is 0 Å². The zero-order valence-corrected chi connectivity index (χ0v) is 13.2. The van der Waals surface area contributed by atoms with Crippen LogP contribution in [0.4, 0.5) is 0 Å². The van der Waals surface area contributed by atoms with Crippen molar-refractivity contribution in [1.82, 2.24) is 10.2 Å². The maximum atomic E-state index is 11.5. The number of benzene rings is 1. The molecule has 1 N–H and O–H groups in total. The summed E-state index contributed by atoms with van der Waals surface area (Å²) in [6.45, 7) is 8.45. The Morgan fingerprint density at radius 2 is 1.85 bits per heavy atom. The monoisotopic (exact) mass is 278 g/mol. The number of carbonyl (C=O) groups is 1. The van der Waals surface area contributed by atoms with Crippen LogP contribution < -0.4 is 10.1 Å². The largest absolute Gasteiger partial charge is 0.493 e. The van der Waals surface area contributed by atoms with E-state index < -0.39 is 0 Å². The molecule has 20 heavy (non-hydrogen) atoms. The fourth-order valence-corrected chi connectivity index (χ4v) is 2.10. The molecule has 0 fully saturated rings. The molecule has 0 unspecified atom stereocenters. The lowest BCUT2D eigenvalue weighted by Gasteiger charge is -2.15. The van der Waals surface area contributed by atoms with E-state index in [-0.39, 0.29) is 5.91 Å². The molecule has 1 aromatic carbocycles. The van der Waals surface area contributed by atoms with Crippen molar-refractivity contribution in [3.63, 3.8) is 0 Å². The van der Waals surface area contributed by atoms with E-state index in [1.807, 2.05) is 13.8 Å². The van der Waals surface area contributed by atoms with E-state index in [1.165, 1.54) is 5.56 Å². The van der Waals surface area contributed by atoms with Crippen LogP contribution in [0.1, 0.15) is 30.0 Å². The molecule has 0 aliphatic carbocycles. The van der Waals surface area contributed by atoms with Gasteiger partial charge in [-0.15, -0.1) is 0 Å². The normalized spacial score (nSPS) is 10.4. The fourth-order valence-electron chi connectivity index (χ4n) is 2.10. The molecule has 0 aliphatic rings. The van der Waals surface area contributed by atoms with Gasteiger partial charge < -0.3 is 15.0 Å². The van der Waals surface area contributed by atoms with Gasteiger partial charge in [0.05, 0.1) is 13.0 Å². The van der Waals surface area contributed by atoms with E-state index >= 15 is 0 Å². The maximum absolute atomic E-state index is 11.5. The number of rotatable bonds is 7. The Balaban J connectivity index is 2.64. The summed E-state index contributed by atoms with van der Waals surface area (Å²) in [5.41, 5.74) is 3.50. The van der Waals surface area contributed by atoms with Gasteiger partial charge in [0, 0.05) is 20.6 Å². The molecule has 1 rings (SSSR count). The molecule has 112 valence electrons. The Morgan fingerprint density at radius 1 is 1.25 bits per heavy atom. The molecule has 0 aromatic heterocycles. The Morgan fingerprint density at radius 3 is 2.35 bits per heavy atom. The highest BCUT2D eigenvalue weighted by Crippen LogP contribution is 2.25. The SMILES string of the molecule is CCNCc1cc(C)c(OCCC(=O)N(C)C)c(C)c1. The van der Waals surface area contributed by atoms with Crippen LogP contribution >= 0.6 is 0 Å². The lowest BCUT2D eigenvalue weighted by molar-refractivity contribution is -0.129. The Hall–Kier alpha value is -1.55. The smallest absolute Gasteiger partial charge is 0.225 e. The van der Waals surface area contributed by atoms with E-state index in [0.717, 1.165) is 30.0 Å². The first-order valence-electron chi connectivity index (χ1n) is 7.09. The van der Waals surface area contributed by atoms with Gasteiger partial charge in [0.25, 0.3) is 0 Å². The van der Waals surface area contributed by atoms with Gasteiger partial charge >= 0.3 is 0 Å². The Kier molecular flexibility index (Phi) is 6.52. The van der Waals surface area contributed by atoms with Crippen LogP contribution in [0.15, 0.2) is 12.1 Å². The number of hydrogen-bond acceptors (Lipinski definition) is 3. The van der Waals surface area contributed by atoms with Crippen molar-refractivity contribution in [2.75, 3.05) is 27.2 Å². The van der Waals surface area contributed by atoms with Crippen LogP contribution in [-0.2, 0) is 11.3 Å². The molecule has 0 spiro atoms. The lowest BCUT2D eigenvalue weighted by atomic mass is 10.1. The fraction of sp³-hybridized carbons (Fsp3) is 0.562. The third-order valence-corrected chi connectivity index (χ3v) is 3.16. The summed E-state index contributed by atoms with van der Waals surface area (Å²) in [5, 5.41) is 3.32. The molecule has 0 radical (unpaired) electrons. The molecule has 0 atom stereocenters. The number of hydrogen-bond donors (Lipinski definition) is 1. The number of nitrogens with zero attached hydrogens (tertiary/aromatic N) is 1. The average Bonchev–Trinajstić information content (AvgIpc) is 2.39. The first kappa shape index (κ1) is 16.5. The summed E-state index contributed by atoms with van der Waals surface area (Å²) in [5.74, 6) is 0.987. The standard InChI is InChI=1S/C16H26N2O2/c1-6-17-11-14-9-12(2)16(13(3)10-14)20-8-7-15(19)18(4)5/h9-10,17H,6-8,11H2,1-5H3. The van der Waals surface area contributed by atoms with Crippen LogP contribution in [0.2, 0.25) is 0 Å². The maximum Gasteiger partial charge on any atom is 0.225 e. The second kappa shape index (κ2) is 7.90. The molecule has 0 saturated carbocycles. The Bertz CT molecular complexity index is 433. The molecular formula is C16H26N2O2. The predicted molar refractivity (Wildman–Crippen MR) is 82.1 cm³/mol. The number of amides is 1. The van der Waals surface area contributed by atoms with Crippen molar-refractivity contribution in [3.05, 3.63) is 28.8 Å². The second-order valence-corrected chi connectivity index (χ2v) is 5.23. The molecule has 1 aromatic rings. The summed E-state index contributed by atoms with van der Waals surface area (Å²) in [6, 6.07) is 4.28. The van der Waals surface area contributed by atoms with E-state index in [0.29, 0.717) is 13.0 Å². The van der Waals surface area contributed by atoms with Gasteiger partial charge in [-0.1, -0.05) is 19.1 Å².